The molecule has 1 heterocycles. The first-order chi connectivity index (χ1) is 12.3. The van der Waals surface area contributed by atoms with Crippen molar-refractivity contribution in [2.75, 3.05) is 13.1 Å². The van der Waals surface area contributed by atoms with Gasteiger partial charge in [-0.05, 0) is 41.8 Å². The first-order valence-corrected chi connectivity index (χ1v) is 8.92. The highest BCUT2D eigenvalue weighted by Gasteiger charge is 2.42. The summed E-state index contributed by atoms with van der Waals surface area (Å²) in [5, 5.41) is 21.3. The molecule has 1 aliphatic heterocycles. The van der Waals surface area contributed by atoms with E-state index in [1.807, 2.05) is 12.1 Å². The number of carboxylic acid groups (broad SMARTS) is 1. The van der Waals surface area contributed by atoms with Crippen molar-refractivity contribution >= 4 is 29.2 Å². The van der Waals surface area contributed by atoms with Crippen LogP contribution in [0.4, 0.5) is 4.39 Å². The molecule has 2 unspecified atom stereocenters. The van der Waals surface area contributed by atoms with Gasteiger partial charge in [-0.15, -0.1) is 0 Å². The van der Waals surface area contributed by atoms with Gasteiger partial charge in [0.15, 0.2) is 0 Å². The maximum absolute atomic E-state index is 13.3. The number of benzene rings is 2. The quantitative estimate of drug-likeness (QED) is 0.801. The smallest absolute Gasteiger partial charge is 0.325 e. The normalized spacial score (nSPS) is 21.7. The maximum atomic E-state index is 13.3. The van der Waals surface area contributed by atoms with E-state index in [4.69, 9.17) is 23.2 Å². The number of carboxylic acids is 1. The zero-order valence-corrected chi connectivity index (χ0v) is 15.3. The van der Waals surface area contributed by atoms with Gasteiger partial charge in [-0.1, -0.05) is 41.4 Å². The fraction of sp³-hybridized carbons (Fsp3) is 0.316. The molecule has 0 aliphatic carbocycles. The number of aliphatic hydroxyl groups is 1. The molecule has 0 saturated carbocycles. The molecule has 4 nitrogen and oxygen atoms in total. The molecule has 0 radical (unpaired) electrons. The second-order valence-electron chi connectivity index (χ2n) is 6.65. The van der Waals surface area contributed by atoms with Crippen molar-refractivity contribution in [2.24, 2.45) is 0 Å². The average molecular weight is 398 g/mol. The highest BCUT2D eigenvalue weighted by molar-refractivity contribution is 6.31. The highest BCUT2D eigenvalue weighted by Crippen LogP contribution is 2.35. The number of hydrogen-bond acceptors (Lipinski definition) is 3. The maximum Gasteiger partial charge on any atom is 0.325 e. The summed E-state index contributed by atoms with van der Waals surface area (Å²) >= 11 is 11.9. The van der Waals surface area contributed by atoms with Crippen LogP contribution in [0.3, 0.4) is 0 Å². The SMILES string of the molecule is O=C(O)C(c1ccc(F)cc1Cl)N1CCC(O)(Cc2ccc(Cl)cc2)C1. The van der Waals surface area contributed by atoms with E-state index in [2.05, 4.69) is 0 Å². The van der Waals surface area contributed by atoms with E-state index in [1.54, 1.807) is 17.0 Å². The molecule has 138 valence electrons. The number of nitrogens with zero attached hydrogens (tertiary/aromatic N) is 1. The van der Waals surface area contributed by atoms with Gasteiger partial charge in [0.05, 0.1) is 5.60 Å². The molecule has 1 fully saturated rings. The van der Waals surface area contributed by atoms with Gasteiger partial charge < -0.3 is 10.2 Å². The second kappa shape index (κ2) is 7.53. The van der Waals surface area contributed by atoms with Crippen molar-refractivity contribution in [1.82, 2.24) is 4.90 Å². The van der Waals surface area contributed by atoms with Crippen LogP contribution in [0.1, 0.15) is 23.6 Å². The van der Waals surface area contributed by atoms with E-state index >= 15 is 0 Å². The van der Waals surface area contributed by atoms with Crippen molar-refractivity contribution in [2.45, 2.75) is 24.5 Å². The summed E-state index contributed by atoms with van der Waals surface area (Å²) < 4.78 is 13.3. The largest absolute Gasteiger partial charge is 0.480 e. The summed E-state index contributed by atoms with van der Waals surface area (Å²) in [5.41, 5.74) is 0.190. The molecular weight excluding hydrogens is 380 g/mol. The minimum absolute atomic E-state index is 0.0607. The Kier molecular flexibility index (Phi) is 5.53. The lowest BCUT2D eigenvalue weighted by atomic mass is 9.94. The lowest BCUT2D eigenvalue weighted by Crippen LogP contribution is -2.39. The summed E-state index contributed by atoms with van der Waals surface area (Å²) in [6.45, 7) is 0.578. The molecule has 1 saturated heterocycles. The van der Waals surface area contributed by atoms with Crippen LogP contribution in [0.15, 0.2) is 42.5 Å². The summed E-state index contributed by atoms with van der Waals surface area (Å²) in [5.74, 6) is -1.61. The monoisotopic (exact) mass is 397 g/mol. The molecule has 0 bridgehead atoms. The Balaban J connectivity index is 1.80. The number of carbonyl (C=O) groups is 1. The van der Waals surface area contributed by atoms with Crippen molar-refractivity contribution in [3.63, 3.8) is 0 Å². The van der Waals surface area contributed by atoms with E-state index in [0.717, 1.165) is 11.6 Å². The van der Waals surface area contributed by atoms with Gasteiger partial charge >= 0.3 is 5.97 Å². The predicted octanol–water partition coefficient (Wildman–Crippen LogP) is 3.94. The zero-order valence-electron chi connectivity index (χ0n) is 13.8. The summed E-state index contributed by atoms with van der Waals surface area (Å²) in [7, 11) is 0. The summed E-state index contributed by atoms with van der Waals surface area (Å²) in [6, 6.07) is 9.82. The molecule has 26 heavy (non-hydrogen) atoms. The lowest BCUT2D eigenvalue weighted by Gasteiger charge is -2.28. The number of hydrogen-bond donors (Lipinski definition) is 2. The molecule has 0 aromatic heterocycles. The van der Waals surface area contributed by atoms with Gasteiger partial charge in [0.25, 0.3) is 0 Å². The van der Waals surface area contributed by atoms with Crippen molar-refractivity contribution < 1.29 is 19.4 Å². The Morgan fingerprint density at radius 2 is 1.92 bits per heavy atom. The third kappa shape index (κ3) is 4.18. The zero-order chi connectivity index (χ0) is 18.9. The number of aliphatic carboxylic acids is 1. The topological polar surface area (TPSA) is 60.8 Å². The standard InChI is InChI=1S/C19H18Cl2FNO3/c20-13-3-1-12(2-4-13)10-19(26)7-8-23(11-19)17(18(24)25)15-6-5-14(22)9-16(15)21/h1-6,9,17,26H,7-8,10-11H2,(H,24,25). The molecule has 2 aromatic rings. The van der Waals surface area contributed by atoms with Crippen LogP contribution in [0, 0.1) is 5.82 Å². The molecular formula is C19H18Cl2FNO3. The van der Waals surface area contributed by atoms with Crippen LogP contribution in [-0.2, 0) is 11.2 Å². The van der Waals surface area contributed by atoms with Crippen LogP contribution in [0.2, 0.25) is 10.0 Å². The van der Waals surface area contributed by atoms with E-state index in [0.29, 0.717) is 30.0 Å². The van der Waals surface area contributed by atoms with Crippen molar-refractivity contribution in [1.29, 1.82) is 0 Å². The van der Waals surface area contributed by atoms with Crippen molar-refractivity contribution in [3.05, 3.63) is 69.5 Å². The van der Waals surface area contributed by atoms with Crippen LogP contribution >= 0.6 is 23.2 Å². The van der Waals surface area contributed by atoms with E-state index < -0.39 is 23.4 Å². The van der Waals surface area contributed by atoms with E-state index in [1.165, 1.54) is 12.1 Å². The molecule has 1 aliphatic rings. The number of rotatable bonds is 5. The van der Waals surface area contributed by atoms with Gasteiger partial charge in [0.1, 0.15) is 11.9 Å². The van der Waals surface area contributed by atoms with Gasteiger partial charge in [0, 0.05) is 29.6 Å². The van der Waals surface area contributed by atoms with Gasteiger partial charge in [-0.3, -0.25) is 9.69 Å². The van der Waals surface area contributed by atoms with Crippen LogP contribution in [-0.4, -0.2) is 39.8 Å². The van der Waals surface area contributed by atoms with Gasteiger partial charge in [0.2, 0.25) is 0 Å². The Morgan fingerprint density at radius 1 is 1.23 bits per heavy atom. The first-order valence-electron chi connectivity index (χ1n) is 8.16. The lowest BCUT2D eigenvalue weighted by molar-refractivity contribution is -0.143. The first kappa shape index (κ1) is 19.1. The summed E-state index contributed by atoms with van der Waals surface area (Å²) in [4.78, 5) is 13.5. The van der Waals surface area contributed by atoms with Gasteiger partial charge in [-0.2, -0.15) is 0 Å². The predicted molar refractivity (Wildman–Crippen MR) is 98.1 cm³/mol. The highest BCUT2D eigenvalue weighted by atomic mass is 35.5. The van der Waals surface area contributed by atoms with Crippen LogP contribution in [0.25, 0.3) is 0 Å². The number of halogens is 3. The second-order valence-corrected chi connectivity index (χ2v) is 7.50. The molecule has 2 atom stereocenters. The Hall–Kier alpha value is -1.66. The molecule has 2 aromatic carbocycles. The molecule has 2 N–H and O–H groups in total. The fourth-order valence-corrected chi connectivity index (χ4v) is 3.84. The molecule has 0 spiro atoms. The minimum atomic E-state index is -1.09. The van der Waals surface area contributed by atoms with Gasteiger partial charge in [-0.25, -0.2) is 4.39 Å². The summed E-state index contributed by atoms with van der Waals surface area (Å²) in [6.07, 6.45) is 0.822. The van der Waals surface area contributed by atoms with Crippen molar-refractivity contribution in [3.8, 4) is 0 Å². The number of β-amino-alcohol motifs (C(OH)–C–C–N with tert-alkyl or cyclic N) is 1. The average Bonchev–Trinajstić information content (AvgIpc) is 2.93. The molecule has 0 amide bonds. The Morgan fingerprint density at radius 3 is 2.54 bits per heavy atom. The molecule has 3 rings (SSSR count). The molecule has 7 heteroatoms. The third-order valence-corrected chi connectivity index (χ3v) is 5.24. The Bertz CT molecular complexity index is 815. The van der Waals surface area contributed by atoms with E-state index in [-0.39, 0.29) is 11.6 Å². The minimum Gasteiger partial charge on any atom is -0.480 e. The van der Waals surface area contributed by atoms with E-state index in [9.17, 15) is 19.4 Å². The van der Waals surface area contributed by atoms with Crippen LogP contribution < -0.4 is 0 Å². The Labute approximate surface area is 160 Å². The fourth-order valence-electron chi connectivity index (χ4n) is 3.44. The third-order valence-electron chi connectivity index (χ3n) is 4.66. The van der Waals surface area contributed by atoms with Crippen LogP contribution in [0.5, 0.6) is 0 Å². The number of likely N-dealkylation sites (tertiary alicyclic amines) is 1.